The Labute approximate surface area is 173 Å². The number of piperidine rings is 3. The van der Waals surface area contributed by atoms with Crippen LogP contribution in [0.4, 0.5) is 0 Å². The predicted molar refractivity (Wildman–Crippen MR) is 109 cm³/mol. The lowest BCUT2D eigenvalue weighted by molar-refractivity contribution is -0.153. The zero-order valence-corrected chi connectivity index (χ0v) is 17.2. The lowest BCUT2D eigenvalue weighted by Crippen LogP contribution is -2.65. The molecule has 0 radical (unpaired) electrons. The molecule has 2 amide bonds. The third-order valence-electron chi connectivity index (χ3n) is 7.91. The van der Waals surface area contributed by atoms with Gasteiger partial charge in [-0.25, -0.2) is 0 Å². The van der Waals surface area contributed by atoms with Crippen LogP contribution in [0.1, 0.15) is 74.6 Å². The molecule has 0 N–H and O–H groups in total. The van der Waals surface area contributed by atoms with Crippen LogP contribution in [0.25, 0.3) is 0 Å². The Hall–Kier alpha value is -1.98. The molecule has 1 saturated carbocycles. The number of hydrogen-bond acceptors (Lipinski definition) is 4. The second-order valence-electron chi connectivity index (χ2n) is 9.66. The molecular weight excluding hydrogens is 364 g/mol. The van der Waals surface area contributed by atoms with Crippen molar-refractivity contribution in [3.05, 3.63) is 24.0 Å². The Morgan fingerprint density at radius 2 is 1.86 bits per heavy atom. The SMILES string of the molecule is O=C(c1ccnnc1)N1C[C@H]2C[C@@H](C1)[C@H](CC1CCCCC1)N1C(=O)CCC[C@@H]21. The smallest absolute Gasteiger partial charge is 0.255 e. The van der Waals surface area contributed by atoms with E-state index in [1.165, 1.54) is 38.5 Å². The summed E-state index contributed by atoms with van der Waals surface area (Å²) in [7, 11) is 0. The van der Waals surface area contributed by atoms with Gasteiger partial charge in [0.1, 0.15) is 0 Å². The highest BCUT2D eigenvalue weighted by Gasteiger charge is 2.50. The maximum atomic E-state index is 13.1. The van der Waals surface area contributed by atoms with Gasteiger partial charge in [0.25, 0.3) is 5.91 Å². The van der Waals surface area contributed by atoms with Crippen LogP contribution >= 0.6 is 0 Å². The molecule has 1 aromatic rings. The minimum atomic E-state index is 0.0709. The Balaban J connectivity index is 1.39. The summed E-state index contributed by atoms with van der Waals surface area (Å²) in [5.74, 6) is 2.01. The number of carbonyl (C=O) groups is 2. The number of nitrogens with zero attached hydrogens (tertiary/aromatic N) is 4. The lowest BCUT2D eigenvalue weighted by atomic mass is 9.69. The topological polar surface area (TPSA) is 66.4 Å². The average molecular weight is 397 g/mol. The number of rotatable bonds is 3. The molecule has 4 heterocycles. The van der Waals surface area contributed by atoms with Gasteiger partial charge in [0.15, 0.2) is 0 Å². The summed E-state index contributed by atoms with van der Waals surface area (Å²) in [6, 6.07) is 2.40. The molecule has 3 saturated heterocycles. The number of likely N-dealkylation sites (tertiary alicyclic amines) is 1. The minimum absolute atomic E-state index is 0.0709. The van der Waals surface area contributed by atoms with E-state index in [1.54, 1.807) is 18.5 Å². The first kappa shape index (κ1) is 19.0. The Bertz CT molecular complexity index is 749. The molecule has 0 aromatic carbocycles. The number of fused-ring (bicyclic) bond motifs is 4. The van der Waals surface area contributed by atoms with Crippen molar-refractivity contribution in [3.63, 3.8) is 0 Å². The molecule has 29 heavy (non-hydrogen) atoms. The van der Waals surface area contributed by atoms with E-state index in [0.717, 1.165) is 38.3 Å². The van der Waals surface area contributed by atoms with Crippen molar-refractivity contribution in [2.45, 2.75) is 76.3 Å². The first-order valence-electron chi connectivity index (χ1n) is 11.6. The second kappa shape index (κ2) is 8.04. The van der Waals surface area contributed by atoms with Gasteiger partial charge in [-0.2, -0.15) is 10.2 Å². The molecule has 4 fully saturated rings. The van der Waals surface area contributed by atoms with E-state index in [4.69, 9.17) is 0 Å². The van der Waals surface area contributed by atoms with Crippen molar-refractivity contribution in [2.75, 3.05) is 13.1 Å². The third kappa shape index (κ3) is 3.66. The quantitative estimate of drug-likeness (QED) is 0.786. The molecule has 0 spiro atoms. The van der Waals surface area contributed by atoms with Crippen molar-refractivity contribution in [2.24, 2.45) is 17.8 Å². The van der Waals surface area contributed by atoms with Crippen molar-refractivity contribution >= 4 is 11.8 Å². The standard InChI is InChI=1S/C23H32N4O2/c28-22-8-4-7-20-18-12-19(21(27(20)22)11-16-5-2-1-3-6-16)15-26(14-18)23(29)17-9-10-24-25-13-17/h9-10,13,16,18-21H,1-8,11-12,14-15H2/t18-,19+,20+,21+/m1/s1. The van der Waals surface area contributed by atoms with E-state index < -0.39 is 0 Å². The van der Waals surface area contributed by atoms with Crippen LogP contribution in [0.5, 0.6) is 0 Å². The van der Waals surface area contributed by atoms with Gasteiger partial charge in [0, 0.05) is 31.6 Å². The van der Waals surface area contributed by atoms with Crippen molar-refractivity contribution in [1.29, 1.82) is 0 Å². The summed E-state index contributed by atoms with van der Waals surface area (Å²) in [4.78, 5) is 30.5. The maximum Gasteiger partial charge on any atom is 0.255 e. The van der Waals surface area contributed by atoms with E-state index in [0.29, 0.717) is 41.8 Å². The number of amides is 2. The molecule has 1 aromatic heterocycles. The van der Waals surface area contributed by atoms with Gasteiger partial charge in [-0.15, -0.1) is 0 Å². The molecule has 5 rings (SSSR count). The minimum Gasteiger partial charge on any atom is -0.338 e. The summed E-state index contributed by atoms with van der Waals surface area (Å²) in [5, 5.41) is 7.69. The molecule has 4 aliphatic rings. The fourth-order valence-electron chi connectivity index (χ4n) is 6.61. The highest BCUT2D eigenvalue weighted by molar-refractivity contribution is 5.94. The Morgan fingerprint density at radius 1 is 1.03 bits per heavy atom. The van der Waals surface area contributed by atoms with Crippen LogP contribution in [0.3, 0.4) is 0 Å². The van der Waals surface area contributed by atoms with Crippen LogP contribution in [-0.4, -0.2) is 57.0 Å². The van der Waals surface area contributed by atoms with Crippen LogP contribution in [-0.2, 0) is 4.79 Å². The van der Waals surface area contributed by atoms with Gasteiger partial charge in [-0.3, -0.25) is 9.59 Å². The van der Waals surface area contributed by atoms with Crippen LogP contribution < -0.4 is 0 Å². The van der Waals surface area contributed by atoms with E-state index >= 15 is 0 Å². The molecule has 2 bridgehead atoms. The molecule has 156 valence electrons. The largest absolute Gasteiger partial charge is 0.338 e. The summed E-state index contributed by atoms with van der Waals surface area (Å²) < 4.78 is 0. The normalized spacial score (nSPS) is 32.8. The lowest BCUT2D eigenvalue weighted by Gasteiger charge is -2.57. The first-order valence-corrected chi connectivity index (χ1v) is 11.6. The maximum absolute atomic E-state index is 13.1. The molecule has 0 unspecified atom stereocenters. The van der Waals surface area contributed by atoms with E-state index in [9.17, 15) is 9.59 Å². The predicted octanol–water partition coefficient (Wildman–Crippen LogP) is 3.29. The highest BCUT2D eigenvalue weighted by atomic mass is 16.2. The third-order valence-corrected chi connectivity index (χ3v) is 7.91. The molecule has 3 aliphatic heterocycles. The van der Waals surface area contributed by atoms with Crippen LogP contribution in [0.2, 0.25) is 0 Å². The summed E-state index contributed by atoms with van der Waals surface area (Å²) in [6.07, 6.45) is 14.9. The fourth-order valence-corrected chi connectivity index (χ4v) is 6.61. The molecule has 1 aliphatic carbocycles. The number of carbonyl (C=O) groups excluding carboxylic acids is 2. The van der Waals surface area contributed by atoms with Crippen molar-refractivity contribution < 1.29 is 9.59 Å². The molecule has 6 heteroatoms. The van der Waals surface area contributed by atoms with Gasteiger partial charge in [-0.05, 0) is 49.5 Å². The van der Waals surface area contributed by atoms with E-state index in [-0.39, 0.29) is 5.91 Å². The average Bonchev–Trinajstić information content (AvgIpc) is 2.77. The monoisotopic (exact) mass is 396 g/mol. The van der Waals surface area contributed by atoms with Crippen molar-refractivity contribution in [1.82, 2.24) is 20.0 Å². The molecule has 6 nitrogen and oxygen atoms in total. The second-order valence-corrected chi connectivity index (χ2v) is 9.66. The molecular formula is C23H32N4O2. The highest BCUT2D eigenvalue weighted by Crippen LogP contribution is 2.44. The van der Waals surface area contributed by atoms with E-state index in [2.05, 4.69) is 15.1 Å². The van der Waals surface area contributed by atoms with E-state index in [1.807, 2.05) is 4.90 Å². The zero-order chi connectivity index (χ0) is 19.8. The van der Waals surface area contributed by atoms with Gasteiger partial charge in [0.05, 0.1) is 18.0 Å². The van der Waals surface area contributed by atoms with Crippen LogP contribution in [0, 0.1) is 17.8 Å². The van der Waals surface area contributed by atoms with Crippen LogP contribution in [0.15, 0.2) is 18.5 Å². The van der Waals surface area contributed by atoms with Gasteiger partial charge in [-0.1, -0.05) is 32.1 Å². The molecule has 4 atom stereocenters. The summed E-state index contributed by atoms with van der Waals surface area (Å²) in [6.45, 7) is 1.54. The van der Waals surface area contributed by atoms with Gasteiger partial charge >= 0.3 is 0 Å². The fraction of sp³-hybridized carbons (Fsp3) is 0.739. The first-order chi connectivity index (χ1) is 14.2. The number of hydrogen-bond donors (Lipinski definition) is 0. The zero-order valence-electron chi connectivity index (χ0n) is 17.2. The Kier molecular flexibility index (Phi) is 5.27. The Morgan fingerprint density at radius 3 is 2.66 bits per heavy atom. The van der Waals surface area contributed by atoms with Gasteiger partial charge < -0.3 is 9.80 Å². The van der Waals surface area contributed by atoms with Crippen molar-refractivity contribution in [3.8, 4) is 0 Å². The van der Waals surface area contributed by atoms with Gasteiger partial charge in [0.2, 0.25) is 5.91 Å². The number of aromatic nitrogens is 2. The summed E-state index contributed by atoms with van der Waals surface area (Å²) in [5.41, 5.74) is 0.625. The summed E-state index contributed by atoms with van der Waals surface area (Å²) >= 11 is 0.